The Morgan fingerprint density at radius 3 is 2.78 bits per heavy atom. The number of hydrogen-bond donors (Lipinski definition) is 1. The van der Waals surface area contributed by atoms with Gasteiger partial charge in [-0.2, -0.15) is 0 Å². The Morgan fingerprint density at radius 2 is 2.11 bits per heavy atom. The molecule has 2 rings (SSSR count). The zero-order chi connectivity index (χ0) is 13.0. The third-order valence-corrected chi connectivity index (χ3v) is 3.79. The summed E-state index contributed by atoms with van der Waals surface area (Å²) in [6.07, 6.45) is 4.81. The summed E-state index contributed by atoms with van der Waals surface area (Å²) in [5.74, 6) is -0.226. The number of thiocarbonyl (C=S) groups is 1. The van der Waals surface area contributed by atoms with Gasteiger partial charge in [0.05, 0.1) is 0 Å². The van der Waals surface area contributed by atoms with Crippen molar-refractivity contribution in [3.8, 4) is 0 Å². The SMILES string of the molecule is CCC1CCCCN1C(=S)Nc1ccc(F)cc1. The normalized spacial score (nSPS) is 19.7. The summed E-state index contributed by atoms with van der Waals surface area (Å²) < 4.78 is 12.8. The van der Waals surface area contributed by atoms with Crippen molar-refractivity contribution in [3.05, 3.63) is 30.1 Å². The second kappa shape index (κ2) is 6.14. The fourth-order valence-corrected chi connectivity index (χ4v) is 2.78. The molecule has 1 aromatic carbocycles. The number of hydrogen-bond acceptors (Lipinski definition) is 1. The van der Waals surface area contributed by atoms with E-state index >= 15 is 0 Å². The third-order valence-electron chi connectivity index (χ3n) is 3.45. The van der Waals surface area contributed by atoms with Crippen LogP contribution in [-0.4, -0.2) is 22.6 Å². The Morgan fingerprint density at radius 1 is 1.39 bits per heavy atom. The van der Waals surface area contributed by atoms with E-state index in [9.17, 15) is 4.39 Å². The molecule has 1 atom stereocenters. The molecule has 0 radical (unpaired) electrons. The van der Waals surface area contributed by atoms with E-state index in [1.807, 2.05) is 0 Å². The van der Waals surface area contributed by atoms with Crippen LogP contribution in [0.5, 0.6) is 0 Å². The van der Waals surface area contributed by atoms with Crippen LogP contribution in [0.1, 0.15) is 32.6 Å². The lowest BCUT2D eigenvalue weighted by atomic mass is 10.0. The van der Waals surface area contributed by atoms with Crippen molar-refractivity contribution in [1.82, 2.24) is 4.90 Å². The number of halogens is 1. The molecular formula is C14H19FN2S. The molecule has 4 heteroatoms. The molecule has 0 saturated carbocycles. The average Bonchev–Trinajstić information content (AvgIpc) is 2.41. The quantitative estimate of drug-likeness (QED) is 0.820. The van der Waals surface area contributed by atoms with Gasteiger partial charge < -0.3 is 10.2 Å². The predicted octanol–water partition coefficient (Wildman–Crippen LogP) is 3.79. The van der Waals surface area contributed by atoms with Crippen LogP contribution in [0.25, 0.3) is 0 Å². The largest absolute Gasteiger partial charge is 0.346 e. The van der Waals surface area contributed by atoms with Gasteiger partial charge in [0, 0.05) is 18.3 Å². The van der Waals surface area contributed by atoms with Crippen molar-refractivity contribution in [3.63, 3.8) is 0 Å². The molecule has 0 spiro atoms. The molecule has 1 saturated heterocycles. The summed E-state index contributed by atoms with van der Waals surface area (Å²) in [5, 5.41) is 3.95. The van der Waals surface area contributed by atoms with Crippen LogP contribution in [0.4, 0.5) is 10.1 Å². The Kier molecular flexibility index (Phi) is 4.53. The highest BCUT2D eigenvalue weighted by molar-refractivity contribution is 7.80. The van der Waals surface area contributed by atoms with Gasteiger partial charge in [-0.05, 0) is 62.2 Å². The van der Waals surface area contributed by atoms with Gasteiger partial charge in [-0.15, -0.1) is 0 Å². The van der Waals surface area contributed by atoms with Crippen LogP contribution in [0.2, 0.25) is 0 Å². The fraction of sp³-hybridized carbons (Fsp3) is 0.500. The first kappa shape index (κ1) is 13.3. The highest BCUT2D eigenvalue weighted by atomic mass is 32.1. The van der Waals surface area contributed by atoms with Crippen LogP contribution >= 0.6 is 12.2 Å². The molecule has 0 bridgehead atoms. The molecule has 18 heavy (non-hydrogen) atoms. The second-order valence-electron chi connectivity index (χ2n) is 4.69. The Labute approximate surface area is 113 Å². The van der Waals surface area contributed by atoms with Gasteiger partial charge in [0.25, 0.3) is 0 Å². The van der Waals surface area contributed by atoms with Gasteiger partial charge in [0.2, 0.25) is 0 Å². The molecule has 1 aliphatic rings. The van der Waals surface area contributed by atoms with Gasteiger partial charge in [-0.25, -0.2) is 4.39 Å². The number of likely N-dealkylation sites (tertiary alicyclic amines) is 1. The lowest BCUT2D eigenvalue weighted by Crippen LogP contribution is -2.45. The number of rotatable bonds is 2. The first-order chi connectivity index (χ1) is 8.70. The fourth-order valence-electron chi connectivity index (χ4n) is 2.42. The van der Waals surface area contributed by atoms with Crippen LogP contribution in [0.15, 0.2) is 24.3 Å². The standard InChI is InChI=1S/C14H19FN2S/c1-2-13-5-3-4-10-17(13)14(18)16-12-8-6-11(15)7-9-12/h6-9,13H,2-5,10H2,1H3,(H,16,18). The predicted molar refractivity (Wildman–Crippen MR) is 77.3 cm³/mol. The van der Waals surface area contributed by atoms with Gasteiger partial charge in [0.1, 0.15) is 5.82 Å². The summed E-state index contributed by atoms with van der Waals surface area (Å²) in [5.41, 5.74) is 0.849. The van der Waals surface area contributed by atoms with E-state index in [0.717, 1.165) is 23.8 Å². The minimum atomic E-state index is -0.226. The summed E-state index contributed by atoms with van der Waals surface area (Å²) in [7, 11) is 0. The number of benzene rings is 1. The maximum absolute atomic E-state index is 12.8. The van der Waals surface area contributed by atoms with E-state index in [-0.39, 0.29) is 5.82 Å². The molecule has 1 N–H and O–H groups in total. The first-order valence-corrected chi connectivity index (χ1v) is 6.94. The van der Waals surface area contributed by atoms with Crippen LogP contribution < -0.4 is 5.32 Å². The number of piperidine rings is 1. The Hall–Kier alpha value is -1.16. The van der Waals surface area contributed by atoms with Gasteiger partial charge in [0.15, 0.2) is 5.11 Å². The molecule has 0 amide bonds. The maximum Gasteiger partial charge on any atom is 0.173 e. The van der Waals surface area contributed by atoms with Crippen molar-refractivity contribution in [1.29, 1.82) is 0 Å². The highest BCUT2D eigenvalue weighted by Gasteiger charge is 2.22. The monoisotopic (exact) mass is 266 g/mol. The molecule has 1 unspecified atom stereocenters. The second-order valence-corrected chi connectivity index (χ2v) is 5.07. The molecule has 0 aliphatic carbocycles. The van der Waals surface area contributed by atoms with Crippen molar-refractivity contribution >= 4 is 23.0 Å². The zero-order valence-corrected chi connectivity index (χ0v) is 11.5. The van der Waals surface area contributed by atoms with E-state index in [2.05, 4.69) is 17.1 Å². The molecule has 0 aromatic heterocycles. The lowest BCUT2D eigenvalue weighted by molar-refractivity contribution is 0.239. The molecule has 1 aromatic rings. The van der Waals surface area contributed by atoms with E-state index in [0.29, 0.717) is 6.04 Å². The highest BCUT2D eigenvalue weighted by Crippen LogP contribution is 2.21. The first-order valence-electron chi connectivity index (χ1n) is 6.54. The van der Waals surface area contributed by atoms with Crippen molar-refractivity contribution < 1.29 is 4.39 Å². The maximum atomic E-state index is 12.8. The van der Waals surface area contributed by atoms with Crippen LogP contribution in [0, 0.1) is 5.82 Å². The molecule has 1 heterocycles. The number of nitrogens with zero attached hydrogens (tertiary/aromatic N) is 1. The van der Waals surface area contributed by atoms with E-state index in [1.54, 1.807) is 12.1 Å². The van der Waals surface area contributed by atoms with Gasteiger partial charge >= 0.3 is 0 Å². The third kappa shape index (κ3) is 3.19. The Balaban J connectivity index is 2.00. The minimum absolute atomic E-state index is 0.226. The smallest absolute Gasteiger partial charge is 0.173 e. The minimum Gasteiger partial charge on any atom is -0.346 e. The topological polar surface area (TPSA) is 15.3 Å². The summed E-state index contributed by atoms with van der Waals surface area (Å²) in [6.45, 7) is 3.22. The van der Waals surface area contributed by atoms with E-state index in [1.165, 1.54) is 31.4 Å². The van der Waals surface area contributed by atoms with Crippen molar-refractivity contribution in [2.75, 3.05) is 11.9 Å². The molecular weight excluding hydrogens is 247 g/mol. The molecule has 1 fully saturated rings. The van der Waals surface area contributed by atoms with Crippen molar-refractivity contribution in [2.24, 2.45) is 0 Å². The average molecular weight is 266 g/mol. The van der Waals surface area contributed by atoms with Crippen molar-refractivity contribution in [2.45, 2.75) is 38.6 Å². The molecule has 1 aliphatic heterocycles. The summed E-state index contributed by atoms with van der Waals surface area (Å²) in [4.78, 5) is 2.27. The van der Waals surface area contributed by atoms with E-state index in [4.69, 9.17) is 12.2 Å². The van der Waals surface area contributed by atoms with Gasteiger partial charge in [-0.1, -0.05) is 6.92 Å². The van der Waals surface area contributed by atoms with Crippen LogP contribution in [0.3, 0.4) is 0 Å². The lowest BCUT2D eigenvalue weighted by Gasteiger charge is -2.37. The molecule has 98 valence electrons. The summed E-state index contributed by atoms with van der Waals surface area (Å²) in [6, 6.07) is 6.86. The summed E-state index contributed by atoms with van der Waals surface area (Å²) >= 11 is 5.45. The Bertz CT molecular complexity index is 405. The zero-order valence-electron chi connectivity index (χ0n) is 10.7. The number of anilines is 1. The number of nitrogens with one attached hydrogen (secondary N) is 1. The van der Waals surface area contributed by atoms with Gasteiger partial charge in [-0.3, -0.25) is 0 Å². The van der Waals surface area contributed by atoms with Crippen LogP contribution in [-0.2, 0) is 0 Å². The van der Waals surface area contributed by atoms with E-state index < -0.39 is 0 Å². The molecule has 2 nitrogen and oxygen atoms in total.